The van der Waals surface area contributed by atoms with Crippen LogP contribution in [-0.4, -0.2) is 27.4 Å². The minimum absolute atomic E-state index is 0.0551. The van der Waals surface area contributed by atoms with Crippen molar-refractivity contribution in [3.05, 3.63) is 61.2 Å². The van der Waals surface area contributed by atoms with Crippen LogP contribution in [0.1, 0.15) is 18.4 Å². The van der Waals surface area contributed by atoms with Gasteiger partial charge in [0, 0.05) is 17.5 Å². The number of hydrogen-bond donors (Lipinski definition) is 2. The van der Waals surface area contributed by atoms with Crippen LogP contribution >= 0.6 is 0 Å². The van der Waals surface area contributed by atoms with E-state index in [0.717, 1.165) is 16.8 Å². The minimum Gasteiger partial charge on any atom is -0.394 e. The number of anilines is 1. The van der Waals surface area contributed by atoms with Gasteiger partial charge < -0.3 is 10.4 Å². The van der Waals surface area contributed by atoms with E-state index in [0.29, 0.717) is 25.2 Å². The quantitative estimate of drug-likeness (QED) is 0.687. The number of carbonyl (C=O) groups excluding carboxylic acids is 1. The van der Waals surface area contributed by atoms with E-state index in [-0.39, 0.29) is 18.4 Å². The molecule has 0 unspecified atom stereocenters. The van der Waals surface area contributed by atoms with Gasteiger partial charge in [0.25, 0.3) is 0 Å². The second-order valence-corrected chi connectivity index (χ2v) is 5.91. The van der Waals surface area contributed by atoms with Gasteiger partial charge in [-0.25, -0.2) is 4.68 Å². The van der Waals surface area contributed by atoms with Crippen molar-refractivity contribution in [3.63, 3.8) is 0 Å². The Morgan fingerprint density at radius 3 is 2.60 bits per heavy atom. The molecule has 2 N–H and O–H groups in total. The lowest BCUT2D eigenvalue weighted by Crippen LogP contribution is -2.24. The van der Waals surface area contributed by atoms with Gasteiger partial charge in [-0.2, -0.15) is 5.10 Å². The lowest BCUT2D eigenvalue weighted by Gasteiger charge is -2.14. The number of aromatic nitrogens is 2. The molecule has 1 amide bonds. The zero-order valence-electron chi connectivity index (χ0n) is 14.6. The number of rotatable bonds is 9. The van der Waals surface area contributed by atoms with Crippen LogP contribution in [0.2, 0.25) is 0 Å². The number of amides is 1. The highest BCUT2D eigenvalue weighted by Gasteiger charge is 2.19. The largest absolute Gasteiger partial charge is 0.394 e. The molecule has 2 rings (SSSR count). The SMILES string of the molecule is C=CCC(CC=C)C(=O)Nc1cc(-c2ccccc2C)nn1CCO. The Morgan fingerprint density at radius 2 is 2.00 bits per heavy atom. The molecule has 0 aliphatic rings. The first-order valence-corrected chi connectivity index (χ1v) is 8.38. The van der Waals surface area contributed by atoms with Crippen LogP contribution in [0.5, 0.6) is 0 Å². The number of nitrogens with zero attached hydrogens (tertiary/aromatic N) is 2. The second-order valence-electron chi connectivity index (χ2n) is 5.91. The van der Waals surface area contributed by atoms with Gasteiger partial charge in [-0.3, -0.25) is 4.79 Å². The topological polar surface area (TPSA) is 67.2 Å². The molecule has 0 fully saturated rings. The molecule has 2 aromatic rings. The first-order valence-electron chi connectivity index (χ1n) is 8.38. The van der Waals surface area contributed by atoms with E-state index >= 15 is 0 Å². The Labute approximate surface area is 148 Å². The van der Waals surface area contributed by atoms with Crippen LogP contribution in [0, 0.1) is 12.8 Å². The van der Waals surface area contributed by atoms with Crippen LogP contribution in [-0.2, 0) is 11.3 Å². The van der Waals surface area contributed by atoms with Gasteiger partial charge in [0.05, 0.1) is 18.8 Å². The summed E-state index contributed by atoms with van der Waals surface area (Å²) in [5, 5.41) is 16.8. The van der Waals surface area contributed by atoms with E-state index in [1.807, 2.05) is 37.3 Å². The Kier molecular flexibility index (Phi) is 6.71. The van der Waals surface area contributed by atoms with Crippen molar-refractivity contribution in [2.45, 2.75) is 26.3 Å². The van der Waals surface area contributed by atoms with Crippen molar-refractivity contribution in [1.29, 1.82) is 0 Å². The third kappa shape index (κ3) is 4.67. The standard InChI is InChI=1S/C20H25N3O2/c1-4-8-16(9-5-2)20(25)21-19-14-18(22-23(19)12-13-24)17-11-7-6-10-15(17)3/h4-7,10-11,14,16,24H,1-2,8-9,12-13H2,3H3,(H,21,25). The van der Waals surface area contributed by atoms with E-state index in [2.05, 4.69) is 23.6 Å². The van der Waals surface area contributed by atoms with Crippen LogP contribution in [0.4, 0.5) is 5.82 Å². The molecule has 0 aliphatic carbocycles. The summed E-state index contributed by atoms with van der Waals surface area (Å²) in [6.45, 7) is 9.69. The van der Waals surface area contributed by atoms with Crippen molar-refractivity contribution >= 4 is 11.7 Å². The fourth-order valence-electron chi connectivity index (χ4n) is 2.72. The average molecular weight is 339 g/mol. The molecule has 1 aromatic carbocycles. The van der Waals surface area contributed by atoms with E-state index < -0.39 is 0 Å². The monoisotopic (exact) mass is 339 g/mol. The number of carbonyl (C=O) groups is 1. The van der Waals surface area contributed by atoms with E-state index in [1.54, 1.807) is 16.8 Å². The molecular formula is C20H25N3O2. The lowest BCUT2D eigenvalue weighted by atomic mass is 10.0. The molecule has 0 atom stereocenters. The molecule has 5 nitrogen and oxygen atoms in total. The van der Waals surface area contributed by atoms with Crippen LogP contribution in [0.3, 0.4) is 0 Å². The Bertz CT molecular complexity index is 739. The molecule has 0 bridgehead atoms. The summed E-state index contributed by atoms with van der Waals surface area (Å²) in [5.74, 6) is 0.264. The minimum atomic E-state index is -0.214. The second kappa shape index (κ2) is 8.99. The number of allylic oxidation sites excluding steroid dienone is 2. The molecule has 1 aromatic heterocycles. The maximum atomic E-state index is 12.6. The predicted molar refractivity (Wildman–Crippen MR) is 101 cm³/mol. The number of aryl methyl sites for hydroxylation is 1. The fourth-order valence-corrected chi connectivity index (χ4v) is 2.72. The molecule has 0 spiro atoms. The van der Waals surface area contributed by atoms with Crippen molar-refractivity contribution in [3.8, 4) is 11.3 Å². The molecular weight excluding hydrogens is 314 g/mol. The highest BCUT2D eigenvalue weighted by atomic mass is 16.3. The first-order chi connectivity index (χ1) is 12.1. The van der Waals surface area contributed by atoms with Crippen LogP contribution in [0.25, 0.3) is 11.3 Å². The summed E-state index contributed by atoms with van der Waals surface area (Å²) >= 11 is 0. The van der Waals surface area contributed by atoms with Gasteiger partial charge in [0.15, 0.2) is 0 Å². The average Bonchev–Trinajstić information content (AvgIpc) is 2.98. The van der Waals surface area contributed by atoms with Crippen LogP contribution < -0.4 is 5.32 Å². The van der Waals surface area contributed by atoms with E-state index in [9.17, 15) is 9.90 Å². The van der Waals surface area contributed by atoms with Gasteiger partial charge in [-0.05, 0) is 25.3 Å². The van der Waals surface area contributed by atoms with Crippen molar-refractivity contribution in [2.24, 2.45) is 5.92 Å². The van der Waals surface area contributed by atoms with Crippen molar-refractivity contribution in [1.82, 2.24) is 9.78 Å². The third-order valence-corrected chi connectivity index (χ3v) is 4.04. The molecule has 5 heteroatoms. The first kappa shape index (κ1) is 18.7. The normalized spacial score (nSPS) is 10.7. The summed E-state index contributed by atoms with van der Waals surface area (Å²) in [4.78, 5) is 12.6. The Hall–Kier alpha value is -2.66. The number of nitrogens with one attached hydrogen (secondary N) is 1. The van der Waals surface area contributed by atoms with Crippen LogP contribution in [0.15, 0.2) is 55.6 Å². The maximum Gasteiger partial charge on any atom is 0.229 e. The smallest absolute Gasteiger partial charge is 0.229 e. The lowest BCUT2D eigenvalue weighted by molar-refractivity contribution is -0.119. The highest BCUT2D eigenvalue weighted by Crippen LogP contribution is 2.25. The fraction of sp³-hybridized carbons (Fsp3) is 0.300. The summed E-state index contributed by atoms with van der Waals surface area (Å²) < 4.78 is 1.62. The number of aliphatic hydroxyl groups is 1. The van der Waals surface area contributed by atoms with Gasteiger partial charge in [0.2, 0.25) is 5.91 Å². The summed E-state index contributed by atoms with van der Waals surface area (Å²) in [7, 11) is 0. The van der Waals surface area contributed by atoms with Gasteiger partial charge in [-0.15, -0.1) is 13.2 Å². The number of benzene rings is 1. The van der Waals surface area contributed by atoms with Crippen molar-refractivity contribution < 1.29 is 9.90 Å². The van der Waals surface area contributed by atoms with Crippen molar-refractivity contribution in [2.75, 3.05) is 11.9 Å². The predicted octanol–water partition coefficient (Wildman–Crippen LogP) is 3.56. The molecule has 0 saturated heterocycles. The van der Waals surface area contributed by atoms with Gasteiger partial charge in [0.1, 0.15) is 5.82 Å². The molecule has 0 radical (unpaired) electrons. The number of aliphatic hydroxyl groups excluding tert-OH is 1. The maximum absolute atomic E-state index is 12.6. The summed E-state index contributed by atoms with van der Waals surface area (Å²) in [5.41, 5.74) is 2.87. The number of hydrogen-bond acceptors (Lipinski definition) is 3. The zero-order valence-corrected chi connectivity index (χ0v) is 14.6. The molecule has 1 heterocycles. The highest BCUT2D eigenvalue weighted by molar-refractivity contribution is 5.92. The molecule has 132 valence electrons. The van der Waals surface area contributed by atoms with Gasteiger partial charge in [-0.1, -0.05) is 36.4 Å². The molecule has 25 heavy (non-hydrogen) atoms. The zero-order chi connectivity index (χ0) is 18.2. The van der Waals surface area contributed by atoms with Gasteiger partial charge >= 0.3 is 0 Å². The van der Waals surface area contributed by atoms with E-state index in [4.69, 9.17) is 0 Å². The molecule has 0 aliphatic heterocycles. The third-order valence-electron chi connectivity index (χ3n) is 4.04. The summed E-state index contributed by atoms with van der Waals surface area (Å²) in [6, 6.07) is 9.78. The Balaban J connectivity index is 2.30. The Morgan fingerprint density at radius 1 is 1.32 bits per heavy atom. The molecule has 0 saturated carbocycles. The summed E-state index contributed by atoms with van der Waals surface area (Å²) in [6.07, 6.45) is 4.63. The van der Waals surface area contributed by atoms with E-state index in [1.165, 1.54) is 0 Å².